The molecule has 2 heterocycles. The largest absolute Gasteiger partial charge is 0.467 e. The predicted molar refractivity (Wildman–Crippen MR) is 111 cm³/mol. The molecule has 0 bridgehead atoms. The zero-order valence-electron chi connectivity index (χ0n) is 16.8. The lowest BCUT2D eigenvalue weighted by Crippen LogP contribution is -2.35. The number of aromatic nitrogens is 2. The quantitative estimate of drug-likeness (QED) is 0.605. The number of benzene rings is 1. The summed E-state index contributed by atoms with van der Waals surface area (Å²) in [5.74, 6) is 2.52. The molecule has 3 rings (SSSR count). The first-order valence-electron chi connectivity index (χ1n) is 9.93. The molecular formula is C22H28N4O2. The van der Waals surface area contributed by atoms with Crippen molar-refractivity contribution in [3.05, 3.63) is 54.2 Å². The van der Waals surface area contributed by atoms with Gasteiger partial charge in [-0.05, 0) is 37.6 Å². The highest BCUT2D eigenvalue weighted by Crippen LogP contribution is 2.26. The monoisotopic (exact) mass is 380 g/mol. The first kappa shape index (κ1) is 19.9. The molecule has 0 saturated heterocycles. The summed E-state index contributed by atoms with van der Waals surface area (Å²) in [5, 5.41) is 4.01. The molecule has 1 atom stereocenters. The molecule has 0 saturated carbocycles. The number of anilines is 1. The Kier molecular flexibility index (Phi) is 6.63. The normalized spacial score (nSPS) is 12.1. The number of hydrogen-bond acceptors (Lipinski definition) is 5. The first-order valence-corrected chi connectivity index (χ1v) is 9.93. The van der Waals surface area contributed by atoms with Crippen LogP contribution in [0.1, 0.15) is 45.2 Å². The van der Waals surface area contributed by atoms with Crippen LogP contribution in [0, 0.1) is 0 Å². The minimum Gasteiger partial charge on any atom is -0.467 e. The average molecular weight is 380 g/mol. The van der Waals surface area contributed by atoms with Gasteiger partial charge in [-0.25, -0.2) is 9.97 Å². The van der Waals surface area contributed by atoms with E-state index in [2.05, 4.69) is 22.1 Å². The molecule has 28 heavy (non-hydrogen) atoms. The smallest absolute Gasteiger partial charge is 0.221 e. The molecular weight excluding hydrogens is 352 g/mol. The van der Waals surface area contributed by atoms with Crippen LogP contribution in [0.4, 0.5) is 5.82 Å². The number of aryl methyl sites for hydroxylation is 1. The lowest BCUT2D eigenvalue weighted by Gasteiger charge is -2.24. The van der Waals surface area contributed by atoms with Crippen molar-refractivity contribution in [2.45, 2.75) is 52.6 Å². The fraction of sp³-hybridized carbons (Fsp3) is 0.409. The predicted octanol–water partition coefficient (Wildman–Crippen LogP) is 4.10. The number of para-hydroxylation sites is 1. The summed E-state index contributed by atoms with van der Waals surface area (Å²) in [4.78, 5) is 23.9. The van der Waals surface area contributed by atoms with Crippen LogP contribution < -0.4 is 10.2 Å². The number of nitrogens with zero attached hydrogens (tertiary/aromatic N) is 3. The van der Waals surface area contributed by atoms with E-state index < -0.39 is 0 Å². The van der Waals surface area contributed by atoms with Gasteiger partial charge in [0.15, 0.2) is 0 Å². The third-order valence-corrected chi connectivity index (χ3v) is 4.80. The Morgan fingerprint density at radius 2 is 2.00 bits per heavy atom. The number of carbonyl (C=O) groups excluding carboxylic acids is 1. The van der Waals surface area contributed by atoms with Crippen LogP contribution in [0.15, 0.2) is 47.1 Å². The Labute approximate surface area is 166 Å². The molecule has 1 amide bonds. The van der Waals surface area contributed by atoms with E-state index in [9.17, 15) is 4.79 Å². The van der Waals surface area contributed by atoms with Gasteiger partial charge < -0.3 is 14.6 Å². The maximum absolute atomic E-state index is 12.3. The molecule has 148 valence electrons. The maximum atomic E-state index is 12.3. The number of hydrogen-bond donors (Lipinski definition) is 1. The van der Waals surface area contributed by atoms with Gasteiger partial charge in [-0.2, -0.15) is 0 Å². The standard InChI is InChI=1S/C22H28N4O2/c1-4-16(3)23-21(27)12-13-26(15-17-9-8-14-28-17)22-18-10-6-7-11-19(18)24-20(5-2)25-22/h6-11,14,16H,4-5,12-13,15H2,1-3H3,(H,23,27)/t16-/m0/s1. The number of fused-ring (bicyclic) bond motifs is 1. The molecule has 0 fully saturated rings. The molecule has 0 aliphatic carbocycles. The van der Waals surface area contributed by atoms with Crippen LogP contribution in [-0.2, 0) is 17.8 Å². The highest BCUT2D eigenvalue weighted by atomic mass is 16.3. The van der Waals surface area contributed by atoms with Crippen LogP contribution in [0.5, 0.6) is 0 Å². The molecule has 0 unspecified atom stereocenters. The summed E-state index contributed by atoms with van der Waals surface area (Å²) < 4.78 is 5.56. The van der Waals surface area contributed by atoms with Gasteiger partial charge in [0.05, 0.1) is 18.3 Å². The average Bonchev–Trinajstić information content (AvgIpc) is 3.23. The minimum atomic E-state index is 0.0490. The highest BCUT2D eigenvalue weighted by molar-refractivity contribution is 5.89. The number of amides is 1. The van der Waals surface area contributed by atoms with Gasteiger partial charge in [0, 0.05) is 30.8 Å². The lowest BCUT2D eigenvalue weighted by molar-refractivity contribution is -0.121. The molecule has 6 heteroatoms. The topological polar surface area (TPSA) is 71.3 Å². The van der Waals surface area contributed by atoms with Crippen LogP contribution >= 0.6 is 0 Å². The van der Waals surface area contributed by atoms with Crippen molar-refractivity contribution in [1.29, 1.82) is 0 Å². The van der Waals surface area contributed by atoms with E-state index in [0.717, 1.165) is 41.1 Å². The van der Waals surface area contributed by atoms with E-state index in [-0.39, 0.29) is 11.9 Å². The summed E-state index contributed by atoms with van der Waals surface area (Å²) >= 11 is 0. The van der Waals surface area contributed by atoms with E-state index >= 15 is 0 Å². The van der Waals surface area contributed by atoms with Crippen LogP contribution in [0.25, 0.3) is 10.9 Å². The van der Waals surface area contributed by atoms with Gasteiger partial charge in [0.1, 0.15) is 17.4 Å². The van der Waals surface area contributed by atoms with E-state index in [1.165, 1.54) is 0 Å². The number of nitrogens with one attached hydrogen (secondary N) is 1. The lowest BCUT2D eigenvalue weighted by atomic mass is 10.2. The fourth-order valence-corrected chi connectivity index (χ4v) is 3.04. The number of furan rings is 1. The Bertz CT molecular complexity index is 908. The molecule has 6 nitrogen and oxygen atoms in total. The van der Waals surface area contributed by atoms with Crippen LogP contribution in [0.2, 0.25) is 0 Å². The minimum absolute atomic E-state index is 0.0490. The van der Waals surface area contributed by atoms with Crippen molar-refractivity contribution >= 4 is 22.6 Å². The SMILES string of the molecule is CCc1nc(N(CCC(=O)N[C@@H](C)CC)Cc2ccco2)c2ccccc2n1. The summed E-state index contributed by atoms with van der Waals surface area (Å²) in [6, 6.07) is 12.0. The van der Waals surface area contributed by atoms with E-state index in [0.29, 0.717) is 19.5 Å². The van der Waals surface area contributed by atoms with Crippen molar-refractivity contribution in [1.82, 2.24) is 15.3 Å². The second kappa shape index (κ2) is 9.35. The molecule has 1 aromatic carbocycles. The van der Waals surface area contributed by atoms with Gasteiger partial charge in [0.25, 0.3) is 0 Å². The van der Waals surface area contributed by atoms with Crippen LogP contribution in [-0.4, -0.2) is 28.5 Å². The summed E-state index contributed by atoms with van der Waals surface area (Å²) in [5.41, 5.74) is 0.915. The molecule has 0 aliphatic rings. The summed E-state index contributed by atoms with van der Waals surface area (Å²) in [6.07, 6.45) is 3.72. The van der Waals surface area contributed by atoms with Gasteiger partial charge in [0.2, 0.25) is 5.91 Å². The third kappa shape index (κ3) is 4.88. The van der Waals surface area contributed by atoms with Crippen molar-refractivity contribution in [2.75, 3.05) is 11.4 Å². The molecule has 2 aromatic heterocycles. The van der Waals surface area contributed by atoms with E-state index in [1.807, 2.05) is 50.2 Å². The molecule has 0 aliphatic heterocycles. The molecule has 0 radical (unpaired) electrons. The van der Waals surface area contributed by atoms with Gasteiger partial charge in [-0.15, -0.1) is 0 Å². The second-order valence-electron chi connectivity index (χ2n) is 6.96. The van der Waals surface area contributed by atoms with Gasteiger partial charge >= 0.3 is 0 Å². The van der Waals surface area contributed by atoms with Crippen molar-refractivity contribution in [3.8, 4) is 0 Å². The van der Waals surface area contributed by atoms with E-state index in [1.54, 1.807) is 6.26 Å². The molecule has 1 N–H and O–H groups in total. The summed E-state index contributed by atoms with van der Waals surface area (Å²) in [6.45, 7) is 7.22. The zero-order valence-corrected chi connectivity index (χ0v) is 16.8. The second-order valence-corrected chi connectivity index (χ2v) is 6.96. The summed E-state index contributed by atoms with van der Waals surface area (Å²) in [7, 11) is 0. The molecule has 3 aromatic rings. The Balaban J connectivity index is 1.90. The third-order valence-electron chi connectivity index (χ3n) is 4.80. The van der Waals surface area contributed by atoms with Gasteiger partial charge in [-0.1, -0.05) is 26.0 Å². The molecule has 0 spiro atoms. The van der Waals surface area contributed by atoms with Crippen LogP contribution in [0.3, 0.4) is 0 Å². The first-order chi connectivity index (χ1) is 13.6. The van der Waals surface area contributed by atoms with E-state index in [4.69, 9.17) is 9.40 Å². The van der Waals surface area contributed by atoms with Crippen molar-refractivity contribution < 1.29 is 9.21 Å². The van der Waals surface area contributed by atoms with Crippen molar-refractivity contribution in [3.63, 3.8) is 0 Å². The maximum Gasteiger partial charge on any atom is 0.221 e. The van der Waals surface area contributed by atoms with Crippen molar-refractivity contribution in [2.24, 2.45) is 0 Å². The van der Waals surface area contributed by atoms with Gasteiger partial charge in [-0.3, -0.25) is 4.79 Å². The fourth-order valence-electron chi connectivity index (χ4n) is 3.04. The Hall–Kier alpha value is -2.89. The zero-order chi connectivity index (χ0) is 19.9. The number of rotatable bonds is 9. The Morgan fingerprint density at radius 1 is 1.18 bits per heavy atom. The Morgan fingerprint density at radius 3 is 2.71 bits per heavy atom. The number of carbonyl (C=O) groups is 1. The highest BCUT2D eigenvalue weighted by Gasteiger charge is 2.17.